The molecule has 1 heterocycles. The van der Waals surface area contributed by atoms with Gasteiger partial charge in [0.1, 0.15) is 0 Å². The lowest BCUT2D eigenvalue weighted by Crippen LogP contribution is -2.07. The maximum atomic E-state index is 4.71. The van der Waals surface area contributed by atoms with E-state index in [0.717, 1.165) is 12.5 Å². The maximum absolute atomic E-state index is 4.71. The molecule has 0 aliphatic heterocycles. The fourth-order valence-electron chi connectivity index (χ4n) is 3.18. The fourth-order valence-corrected chi connectivity index (χ4v) is 3.18. The summed E-state index contributed by atoms with van der Waals surface area (Å²) in [5, 5.41) is 4.71. The molecule has 0 N–H and O–H groups in total. The molecule has 2 nitrogen and oxygen atoms in total. The third kappa shape index (κ3) is 1.90. The molecule has 0 atom stereocenters. The summed E-state index contributed by atoms with van der Waals surface area (Å²) < 4.78 is 2.22. The number of nitrogens with zero attached hydrogens (tertiary/aromatic N) is 2. The van der Waals surface area contributed by atoms with Crippen LogP contribution in [0.15, 0.2) is 0 Å². The second kappa shape index (κ2) is 4.60. The van der Waals surface area contributed by atoms with Crippen molar-refractivity contribution in [2.45, 2.75) is 71.8 Å². The van der Waals surface area contributed by atoms with Gasteiger partial charge in [0.15, 0.2) is 0 Å². The molecule has 1 fully saturated rings. The molecule has 90 valence electrons. The van der Waals surface area contributed by atoms with Crippen molar-refractivity contribution in [2.75, 3.05) is 0 Å². The number of hydrogen-bond acceptors (Lipinski definition) is 1. The minimum Gasteiger partial charge on any atom is -0.269 e. The summed E-state index contributed by atoms with van der Waals surface area (Å²) >= 11 is 0. The van der Waals surface area contributed by atoms with Crippen LogP contribution in [0.4, 0.5) is 0 Å². The normalized spacial score (nSPS) is 17.6. The van der Waals surface area contributed by atoms with Crippen molar-refractivity contribution in [3.05, 3.63) is 17.0 Å². The third-order valence-corrected chi connectivity index (χ3v) is 3.82. The molecule has 0 unspecified atom stereocenters. The Morgan fingerprint density at radius 1 is 1.31 bits per heavy atom. The van der Waals surface area contributed by atoms with E-state index in [9.17, 15) is 0 Å². The summed E-state index contributed by atoms with van der Waals surface area (Å²) in [6.07, 6.45) is 5.55. The van der Waals surface area contributed by atoms with E-state index >= 15 is 0 Å². The molecule has 16 heavy (non-hydrogen) atoms. The van der Waals surface area contributed by atoms with Gasteiger partial charge in [-0.15, -0.1) is 0 Å². The molecular formula is C14H24N2. The van der Waals surface area contributed by atoms with Crippen LogP contribution >= 0.6 is 0 Å². The lowest BCUT2D eigenvalue weighted by atomic mass is 9.91. The minimum absolute atomic E-state index is 0.594. The third-order valence-electron chi connectivity index (χ3n) is 3.82. The summed E-state index contributed by atoms with van der Waals surface area (Å²) in [5.41, 5.74) is 4.35. The first kappa shape index (κ1) is 11.7. The average molecular weight is 220 g/mol. The average Bonchev–Trinajstić information content (AvgIpc) is 2.83. The molecule has 0 amide bonds. The van der Waals surface area contributed by atoms with Crippen LogP contribution in [0.3, 0.4) is 0 Å². The van der Waals surface area contributed by atoms with Crippen molar-refractivity contribution in [1.29, 1.82) is 0 Å². The highest BCUT2D eigenvalue weighted by Crippen LogP contribution is 2.39. The van der Waals surface area contributed by atoms with Crippen LogP contribution in [0.25, 0.3) is 0 Å². The quantitative estimate of drug-likeness (QED) is 0.753. The second-order valence-electron chi connectivity index (χ2n) is 5.34. The number of hydrogen-bond donors (Lipinski definition) is 0. The zero-order chi connectivity index (χ0) is 11.7. The summed E-state index contributed by atoms with van der Waals surface area (Å²) in [6, 6.07) is 0. The van der Waals surface area contributed by atoms with Crippen LogP contribution in [-0.4, -0.2) is 9.78 Å². The Morgan fingerprint density at radius 2 is 1.94 bits per heavy atom. The van der Waals surface area contributed by atoms with Gasteiger partial charge in [-0.25, -0.2) is 0 Å². The molecule has 0 radical (unpaired) electrons. The second-order valence-corrected chi connectivity index (χ2v) is 5.34. The molecule has 1 aliphatic carbocycles. The van der Waals surface area contributed by atoms with Gasteiger partial charge in [0, 0.05) is 12.2 Å². The van der Waals surface area contributed by atoms with Crippen LogP contribution in [0, 0.1) is 6.92 Å². The molecule has 1 saturated carbocycles. The summed E-state index contributed by atoms with van der Waals surface area (Å²) in [7, 11) is 0. The van der Waals surface area contributed by atoms with Gasteiger partial charge in [-0.2, -0.15) is 5.10 Å². The first-order chi connectivity index (χ1) is 7.65. The predicted octanol–water partition coefficient (Wildman–Crippen LogP) is 3.99. The van der Waals surface area contributed by atoms with Gasteiger partial charge in [-0.3, -0.25) is 4.68 Å². The molecule has 0 saturated heterocycles. The van der Waals surface area contributed by atoms with E-state index in [2.05, 4.69) is 32.4 Å². The number of rotatable bonds is 3. The monoisotopic (exact) mass is 220 g/mol. The van der Waals surface area contributed by atoms with Gasteiger partial charge in [-0.1, -0.05) is 26.7 Å². The van der Waals surface area contributed by atoms with E-state index in [-0.39, 0.29) is 0 Å². The summed E-state index contributed by atoms with van der Waals surface area (Å²) in [5.74, 6) is 1.38. The maximum Gasteiger partial charge on any atom is 0.0631 e. The van der Waals surface area contributed by atoms with Crippen LogP contribution in [0.5, 0.6) is 0 Å². The topological polar surface area (TPSA) is 17.8 Å². The highest BCUT2D eigenvalue weighted by molar-refractivity contribution is 5.32. The van der Waals surface area contributed by atoms with E-state index in [1.807, 2.05) is 0 Å². The van der Waals surface area contributed by atoms with E-state index in [1.165, 1.54) is 37.1 Å². The molecule has 1 aliphatic rings. The van der Waals surface area contributed by atoms with E-state index < -0.39 is 0 Å². The van der Waals surface area contributed by atoms with Gasteiger partial charge >= 0.3 is 0 Å². The lowest BCUT2D eigenvalue weighted by molar-refractivity contribution is 0.586. The van der Waals surface area contributed by atoms with Crippen molar-refractivity contribution in [3.63, 3.8) is 0 Å². The number of aryl methyl sites for hydroxylation is 2. The first-order valence-electron chi connectivity index (χ1n) is 6.72. The smallest absolute Gasteiger partial charge is 0.0631 e. The summed E-state index contributed by atoms with van der Waals surface area (Å²) in [6.45, 7) is 9.96. The number of aromatic nitrogens is 2. The van der Waals surface area contributed by atoms with Gasteiger partial charge in [0.2, 0.25) is 0 Å². The van der Waals surface area contributed by atoms with Gasteiger partial charge in [0.05, 0.1) is 5.69 Å². The molecule has 0 bridgehead atoms. The van der Waals surface area contributed by atoms with E-state index in [1.54, 1.807) is 5.56 Å². The molecule has 1 aromatic rings. The Labute approximate surface area is 99.0 Å². The molecule has 1 aromatic heterocycles. The van der Waals surface area contributed by atoms with Crippen molar-refractivity contribution < 1.29 is 0 Å². The fraction of sp³-hybridized carbons (Fsp3) is 0.786. The Kier molecular flexibility index (Phi) is 3.36. The Bertz CT molecular complexity index is 357. The standard InChI is InChI=1S/C14H24N2/c1-5-16-14(10(2)3)13(11(4)15-16)12-8-6-7-9-12/h10,12H,5-9H2,1-4H3. The van der Waals surface area contributed by atoms with Crippen LogP contribution in [0.2, 0.25) is 0 Å². The van der Waals surface area contributed by atoms with Crippen molar-refractivity contribution in [1.82, 2.24) is 9.78 Å². The highest BCUT2D eigenvalue weighted by atomic mass is 15.3. The van der Waals surface area contributed by atoms with Crippen LogP contribution in [0.1, 0.15) is 75.2 Å². The lowest BCUT2D eigenvalue weighted by Gasteiger charge is -2.15. The minimum atomic E-state index is 0.594. The van der Waals surface area contributed by atoms with Gasteiger partial charge in [-0.05, 0) is 44.1 Å². The molecular weight excluding hydrogens is 196 g/mol. The molecule has 0 aromatic carbocycles. The Morgan fingerprint density at radius 3 is 2.44 bits per heavy atom. The zero-order valence-electron chi connectivity index (χ0n) is 11.1. The zero-order valence-corrected chi connectivity index (χ0v) is 11.1. The van der Waals surface area contributed by atoms with Crippen LogP contribution in [-0.2, 0) is 6.54 Å². The predicted molar refractivity (Wildman–Crippen MR) is 67.9 cm³/mol. The summed E-state index contributed by atoms with van der Waals surface area (Å²) in [4.78, 5) is 0. The first-order valence-corrected chi connectivity index (χ1v) is 6.72. The highest BCUT2D eigenvalue weighted by Gasteiger charge is 2.26. The molecule has 0 spiro atoms. The Hall–Kier alpha value is -0.790. The van der Waals surface area contributed by atoms with Gasteiger partial charge in [0.25, 0.3) is 0 Å². The largest absolute Gasteiger partial charge is 0.269 e. The molecule has 2 heteroatoms. The van der Waals surface area contributed by atoms with Crippen molar-refractivity contribution in [3.8, 4) is 0 Å². The van der Waals surface area contributed by atoms with E-state index in [0.29, 0.717) is 5.92 Å². The van der Waals surface area contributed by atoms with Crippen molar-refractivity contribution >= 4 is 0 Å². The molecule has 2 rings (SSSR count). The van der Waals surface area contributed by atoms with Crippen LogP contribution < -0.4 is 0 Å². The Balaban J connectivity index is 2.44. The van der Waals surface area contributed by atoms with Gasteiger partial charge < -0.3 is 0 Å². The SMILES string of the molecule is CCn1nc(C)c(C2CCCC2)c1C(C)C. The van der Waals surface area contributed by atoms with E-state index in [4.69, 9.17) is 5.10 Å². The van der Waals surface area contributed by atoms with Crippen molar-refractivity contribution in [2.24, 2.45) is 0 Å².